The number of ether oxygens (including phenoxy) is 2. The number of aromatic nitrogens is 1. The number of anilines is 1. The first-order valence-corrected chi connectivity index (χ1v) is 11.3. The number of nitrogens with zero attached hydrogens (tertiary/aromatic N) is 2. The Morgan fingerprint density at radius 2 is 1.85 bits per heavy atom. The predicted octanol–water partition coefficient (Wildman–Crippen LogP) is 4.78. The summed E-state index contributed by atoms with van der Waals surface area (Å²) >= 11 is 0. The first-order chi connectivity index (χ1) is 16.6. The lowest BCUT2D eigenvalue weighted by molar-refractivity contribution is -0.132. The fraction of sp³-hybridized carbons (Fsp3) is 0.222. The van der Waals surface area contributed by atoms with Crippen LogP contribution in [0, 0.1) is 0 Å². The molecule has 2 aliphatic heterocycles. The molecule has 0 bridgehead atoms. The van der Waals surface area contributed by atoms with Crippen molar-refractivity contribution in [1.82, 2.24) is 4.98 Å². The normalized spacial score (nSPS) is 18.5. The van der Waals surface area contributed by atoms with Gasteiger partial charge in [-0.3, -0.25) is 19.5 Å². The minimum atomic E-state index is -0.867. The van der Waals surface area contributed by atoms with Crippen LogP contribution in [0.3, 0.4) is 0 Å². The van der Waals surface area contributed by atoms with E-state index in [1.165, 1.54) is 4.90 Å². The third-order valence-corrected chi connectivity index (χ3v) is 6.09. The van der Waals surface area contributed by atoms with Crippen LogP contribution in [0.15, 0.2) is 72.4 Å². The van der Waals surface area contributed by atoms with Crippen LogP contribution in [0.5, 0.6) is 11.5 Å². The Hall–Kier alpha value is -4.13. The van der Waals surface area contributed by atoms with Gasteiger partial charge >= 0.3 is 0 Å². The van der Waals surface area contributed by atoms with Crippen LogP contribution < -0.4 is 14.4 Å². The summed E-state index contributed by atoms with van der Waals surface area (Å²) in [6.45, 7) is 2.23. The van der Waals surface area contributed by atoms with Gasteiger partial charge in [0.25, 0.3) is 11.7 Å². The van der Waals surface area contributed by atoms with Crippen LogP contribution in [0.2, 0.25) is 0 Å². The van der Waals surface area contributed by atoms with E-state index in [2.05, 4.69) is 11.9 Å². The highest BCUT2D eigenvalue weighted by molar-refractivity contribution is 6.51. The zero-order valence-electron chi connectivity index (χ0n) is 18.7. The molecule has 0 aliphatic carbocycles. The molecule has 0 radical (unpaired) electrons. The Morgan fingerprint density at radius 3 is 2.59 bits per heavy atom. The summed E-state index contributed by atoms with van der Waals surface area (Å²) in [7, 11) is 0. The minimum Gasteiger partial charge on any atom is -0.507 e. The van der Waals surface area contributed by atoms with Crippen molar-refractivity contribution in [1.29, 1.82) is 0 Å². The highest BCUT2D eigenvalue weighted by atomic mass is 16.7. The monoisotopic (exact) mass is 456 g/mol. The summed E-state index contributed by atoms with van der Waals surface area (Å²) in [6, 6.07) is 16.9. The third-order valence-electron chi connectivity index (χ3n) is 6.09. The molecule has 0 spiro atoms. The molecule has 1 fully saturated rings. The average Bonchev–Trinajstić information content (AvgIpc) is 3.45. The van der Waals surface area contributed by atoms with E-state index in [1.54, 1.807) is 42.6 Å². The van der Waals surface area contributed by atoms with E-state index in [1.807, 2.05) is 24.3 Å². The maximum atomic E-state index is 13.2. The molecule has 5 rings (SSSR count). The quantitative estimate of drug-likeness (QED) is 0.326. The lowest BCUT2D eigenvalue weighted by Gasteiger charge is -2.24. The Labute approximate surface area is 197 Å². The summed E-state index contributed by atoms with van der Waals surface area (Å²) < 4.78 is 10.7. The van der Waals surface area contributed by atoms with Crippen LogP contribution in [0.25, 0.3) is 5.76 Å². The van der Waals surface area contributed by atoms with Gasteiger partial charge in [0, 0.05) is 17.4 Å². The molecule has 34 heavy (non-hydrogen) atoms. The van der Waals surface area contributed by atoms with Gasteiger partial charge in [0.15, 0.2) is 11.5 Å². The van der Waals surface area contributed by atoms with Crippen molar-refractivity contribution < 1.29 is 24.2 Å². The standard InChI is InChI=1S/C27H24N2O5/c1-2-3-6-17-8-11-19(12-9-17)29-24(20-7-4-5-14-28-20)23(26(31)27(29)32)25(30)18-10-13-21-22(15-18)34-16-33-21/h4-5,7-15,24,30H,2-3,6,16H2,1H3/b25-23-. The lowest BCUT2D eigenvalue weighted by Crippen LogP contribution is -2.29. The maximum Gasteiger partial charge on any atom is 0.300 e. The molecule has 7 heteroatoms. The smallest absolute Gasteiger partial charge is 0.300 e. The maximum absolute atomic E-state index is 13.2. The van der Waals surface area contributed by atoms with Crippen molar-refractivity contribution >= 4 is 23.1 Å². The summed E-state index contributed by atoms with van der Waals surface area (Å²) in [5.41, 5.74) is 2.56. The van der Waals surface area contributed by atoms with Crippen LogP contribution in [-0.2, 0) is 16.0 Å². The van der Waals surface area contributed by atoms with Gasteiger partial charge in [-0.05, 0) is 60.9 Å². The van der Waals surface area contributed by atoms with Crippen molar-refractivity contribution in [2.75, 3.05) is 11.7 Å². The van der Waals surface area contributed by atoms with Crippen molar-refractivity contribution in [2.45, 2.75) is 32.2 Å². The van der Waals surface area contributed by atoms with Crippen LogP contribution >= 0.6 is 0 Å². The van der Waals surface area contributed by atoms with Crippen molar-refractivity contribution in [2.24, 2.45) is 0 Å². The average molecular weight is 456 g/mol. The Balaban J connectivity index is 1.61. The molecule has 1 unspecified atom stereocenters. The SMILES string of the molecule is CCCCc1ccc(N2C(=O)C(=O)/C(=C(\O)c3ccc4c(c3)OCO4)C2c2ccccn2)cc1. The number of benzene rings is 2. The molecule has 172 valence electrons. The van der Waals surface area contributed by atoms with Gasteiger partial charge in [-0.2, -0.15) is 0 Å². The zero-order valence-corrected chi connectivity index (χ0v) is 18.7. The fourth-order valence-electron chi connectivity index (χ4n) is 4.32. The van der Waals surface area contributed by atoms with Gasteiger partial charge in [-0.25, -0.2) is 0 Å². The molecule has 3 heterocycles. The minimum absolute atomic E-state index is 0.0161. The molecule has 1 amide bonds. The lowest BCUT2D eigenvalue weighted by atomic mass is 9.98. The number of hydrogen-bond acceptors (Lipinski definition) is 6. The van der Waals surface area contributed by atoms with Gasteiger partial charge in [0.1, 0.15) is 11.8 Å². The number of aliphatic hydroxyl groups excluding tert-OH is 1. The molecule has 1 N–H and O–H groups in total. The highest BCUT2D eigenvalue weighted by Gasteiger charge is 2.47. The second-order valence-corrected chi connectivity index (χ2v) is 8.26. The van der Waals surface area contributed by atoms with E-state index in [-0.39, 0.29) is 18.1 Å². The number of unbranched alkanes of at least 4 members (excludes halogenated alkanes) is 1. The third kappa shape index (κ3) is 3.79. The summed E-state index contributed by atoms with van der Waals surface area (Å²) in [6.07, 6.45) is 4.72. The number of Topliss-reactive ketones (excluding diaryl/α,β-unsaturated/α-hetero) is 1. The van der Waals surface area contributed by atoms with Crippen LogP contribution in [0.4, 0.5) is 5.69 Å². The molecule has 7 nitrogen and oxygen atoms in total. The van der Waals surface area contributed by atoms with E-state index in [0.717, 1.165) is 24.8 Å². The first kappa shape index (κ1) is 21.7. The van der Waals surface area contributed by atoms with Crippen molar-refractivity contribution in [3.63, 3.8) is 0 Å². The molecular weight excluding hydrogens is 432 g/mol. The Kier molecular flexibility index (Phi) is 5.76. The zero-order chi connectivity index (χ0) is 23.7. The highest BCUT2D eigenvalue weighted by Crippen LogP contribution is 2.42. The topological polar surface area (TPSA) is 89.0 Å². The first-order valence-electron chi connectivity index (χ1n) is 11.3. The molecule has 2 aliphatic rings. The Bertz CT molecular complexity index is 1270. The fourth-order valence-corrected chi connectivity index (χ4v) is 4.32. The van der Waals surface area contributed by atoms with Gasteiger partial charge in [-0.15, -0.1) is 0 Å². The number of carbonyl (C=O) groups excluding carboxylic acids is 2. The Morgan fingerprint density at radius 1 is 1.06 bits per heavy atom. The number of rotatable bonds is 6. The second-order valence-electron chi connectivity index (χ2n) is 8.26. The molecule has 0 saturated carbocycles. The van der Waals surface area contributed by atoms with E-state index < -0.39 is 17.7 Å². The molecule has 2 aromatic carbocycles. The van der Waals surface area contributed by atoms with Crippen LogP contribution in [-0.4, -0.2) is 28.6 Å². The van der Waals surface area contributed by atoms with Crippen molar-refractivity contribution in [3.05, 3.63) is 89.3 Å². The molecule has 1 aromatic heterocycles. The predicted molar refractivity (Wildman–Crippen MR) is 127 cm³/mol. The summed E-state index contributed by atoms with van der Waals surface area (Å²) in [5.74, 6) is -0.730. The number of aliphatic hydroxyl groups is 1. The molecule has 1 saturated heterocycles. The molecule has 3 aromatic rings. The van der Waals surface area contributed by atoms with E-state index in [0.29, 0.717) is 28.4 Å². The van der Waals surface area contributed by atoms with Gasteiger partial charge in [-0.1, -0.05) is 31.5 Å². The van der Waals surface area contributed by atoms with Gasteiger partial charge in [0.2, 0.25) is 6.79 Å². The van der Waals surface area contributed by atoms with Crippen LogP contribution in [0.1, 0.15) is 42.6 Å². The largest absolute Gasteiger partial charge is 0.507 e. The number of pyridine rings is 1. The summed E-state index contributed by atoms with van der Waals surface area (Å²) in [4.78, 5) is 32.3. The van der Waals surface area contributed by atoms with E-state index in [9.17, 15) is 14.7 Å². The van der Waals surface area contributed by atoms with Gasteiger partial charge < -0.3 is 14.6 Å². The molecular formula is C27H24N2O5. The summed E-state index contributed by atoms with van der Waals surface area (Å²) in [5, 5.41) is 11.2. The van der Waals surface area contributed by atoms with E-state index in [4.69, 9.17) is 9.47 Å². The van der Waals surface area contributed by atoms with Crippen molar-refractivity contribution in [3.8, 4) is 11.5 Å². The number of aryl methyl sites for hydroxylation is 1. The molecule has 1 atom stereocenters. The number of fused-ring (bicyclic) bond motifs is 1. The number of hydrogen-bond donors (Lipinski definition) is 1. The van der Waals surface area contributed by atoms with Gasteiger partial charge in [0.05, 0.1) is 11.3 Å². The number of amides is 1. The number of carbonyl (C=O) groups is 2. The number of ketones is 1. The second kappa shape index (κ2) is 9.02. The van der Waals surface area contributed by atoms with E-state index >= 15 is 0 Å².